The Morgan fingerprint density at radius 2 is 2.10 bits per heavy atom. The summed E-state index contributed by atoms with van der Waals surface area (Å²) in [6.45, 7) is 4.94. The number of benzene rings is 1. The number of amides is 1. The van der Waals surface area contributed by atoms with Crippen LogP contribution in [0.1, 0.15) is 31.1 Å². The summed E-state index contributed by atoms with van der Waals surface area (Å²) in [6.07, 6.45) is 4.09. The molecule has 2 aromatic rings. The second-order valence-electron chi connectivity index (χ2n) is 5.25. The molecule has 1 amide bonds. The number of nitrogens with one attached hydrogen (secondary N) is 2. The fraction of sp³-hybridized carbons (Fsp3) is 0.375. The molecule has 0 fully saturated rings. The highest BCUT2D eigenvalue weighted by atomic mass is 16.1. The Morgan fingerprint density at radius 1 is 1.33 bits per heavy atom. The Labute approximate surface area is 125 Å². The van der Waals surface area contributed by atoms with Crippen LogP contribution < -0.4 is 10.6 Å². The van der Waals surface area contributed by atoms with Crippen LogP contribution in [0.3, 0.4) is 0 Å². The molecule has 21 heavy (non-hydrogen) atoms. The SMILES string of the molecule is CNC(=O)Cc1ccccc1NCc1cncn1C(C)C. The Morgan fingerprint density at radius 3 is 2.81 bits per heavy atom. The van der Waals surface area contributed by atoms with Crippen LogP contribution in [0.5, 0.6) is 0 Å². The smallest absolute Gasteiger partial charge is 0.224 e. The van der Waals surface area contributed by atoms with Gasteiger partial charge in [0.15, 0.2) is 0 Å². The van der Waals surface area contributed by atoms with E-state index < -0.39 is 0 Å². The van der Waals surface area contributed by atoms with Crippen LogP contribution in [-0.4, -0.2) is 22.5 Å². The maximum absolute atomic E-state index is 11.6. The predicted octanol–water partition coefficient (Wildman–Crippen LogP) is 2.36. The highest BCUT2D eigenvalue weighted by Gasteiger charge is 2.08. The van der Waals surface area contributed by atoms with Crippen molar-refractivity contribution < 1.29 is 4.79 Å². The Hall–Kier alpha value is -2.30. The van der Waals surface area contributed by atoms with Gasteiger partial charge in [-0.3, -0.25) is 4.79 Å². The second-order valence-corrected chi connectivity index (χ2v) is 5.25. The number of hydrogen-bond acceptors (Lipinski definition) is 3. The van der Waals surface area contributed by atoms with E-state index in [0.717, 1.165) is 16.9 Å². The van der Waals surface area contributed by atoms with E-state index in [1.165, 1.54) is 0 Å². The summed E-state index contributed by atoms with van der Waals surface area (Å²) in [7, 11) is 1.65. The van der Waals surface area contributed by atoms with Crippen LogP contribution >= 0.6 is 0 Å². The summed E-state index contributed by atoms with van der Waals surface area (Å²) in [6, 6.07) is 8.26. The highest BCUT2D eigenvalue weighted by molar-refractivity contribution is 5.80. The number of aromatic nitrogens is 2. The summed E-state index contributed by atoms with van der Waals surface area (Å²) in [5, 5.41) is 6.05. The monoisotopic (exact) mass is 286 g/mol. The molecule has 1 heterocycles. The molecule has 5 nitrogen and oxygen atoms in total. The van der Waals surface area contributed by atoms with E-state index in [2.05, 4.69) is 34.0 Å². The molecule has 0 saturated carbocycles. The zero-order chi connectivity index (χ0) is 15.2. The van der Waals surface area contributed by atoms with Gasteiger partial charge in [-0.15, -0.1) is 0 Å². The standard InChI is InChI=1S/C16H22N4O/c1-12(2)20-11-18-9-14(20)10-19-15-7-5-4-6-13(15)8-16(21)17-3/h4-7,9,11-12,19H,8,10H2,1-3H3,(H,17,21). The quantitative estimate of drug-likeness (QED) is 0.857. The lowest BCUT2D eigenvalue weighted by atomic mass is 10.1. The molecular formula is C16H22N4O. The number of carbonyl (C=O) groups excluding carboxylic acids is 1. The molecule has 0 aliphatic heterocycles. The van der Waals surface area contributed by atoms with Crippen LogP contribution in [0.15, 0.2) is 36.8 Å². The number of imidazole rings is 1. The molecule has 2 rings (SSSR count). The summed E-state index contributed by atoms with van der Waals surface area (Å²) >= 11 is 0. The fourth-order valence-corrected chi connectivity index (χ4v) is 2.23. The van der Waals surface area contributed by atoms with Crippen molar-refractivity contribution in [3.63, 3.8) is 0 Å². The fourth-order valence-electron chi connectivity index (χ4n) is 2.23. The zero-order valence-electron chi connectivity index (χ0n) is 12.8. The maximum atomic E-state index is 11.6. The van der Waals surface area contributed by atoms with Gasteiger partial charge in [0.25, 0.3) is 0 Å². The van der Waals surface area contributed by atoms with Crippen molar-refractivity contribution in [1.82, 2.24) is 14.9 Å². The van der Waals surface area contributed by atoms with Crippen molar-refractivity contribution in [2.75, 3.05) is 12.4 Å². The predicted molar refractivity (Wildman–Crippen MR) is 84.2 cm³/mol. The van der Waals surface area contributed by atoms with Gasteiger partial charge in [0, 0.05) is 25.0 Å². The highest BCUT2D eigenvalue weighted by Crippen LogP contribution is 2.17. The first kappa shape index (κ1) is 15.1. The van der Waals surface area contributed by atoms with Crippen LogP contribution in [-0.2, 0) is 17.8 Å². The van der Waals surface area contributed by atoms with E-state index in [0.29, 0.717) is 19.0 Å². The largest absolute Gasteiger partial charge is 0.379 e. The first-order valence-corrected chi connectivity index (χ1v) is 7.15. The molecule has 112 valence electrons. The molecule has 1 aromatic carbocycles. The molecule has 0 spiro atoms. The number of carbonyl (C=O) groups is 1. The molecule has 0 radical (unpaired) electrons. The van der Waals surface area contributed by atoms with Gasteiger partial charge in [-0.2, -0.15) is 0 Å². The molecule has 0 aliphatic carbocycles. The van der Waals surface area contributed by atoms with Gasteiger partial charge >= 0.3 is 0 Å². The number of nitrogens with zero attached hydrogens (tertiary/aromatic N) is 2. The third-order valence-corrected chi connectivity index (χ3v) is 3.41. The molecule has 2 N–H and O–H groups in total. The average molecular weight is 286 g/mol. The first-order valence-electron chi connectivity index (χ1n) is 7.15. The Bertz CT molecular complexity index is 604. The van der Waals surface area contributed by atoms with E-state index >= 15 is 0 Å². The number of hydrogen-bond donors (Lipinski definition) is 2. The number of rotatable bonds is 6. The van der Waals surface area contributed by atoms with Gasteiger partial charge in [0.05, 0.1) is 25.0 Å². The van der Waals surface area contributed by atoms with Crippen LogP contribution in [0.4, 0.5) is 5.69 Å². The molecule has 0 atom stereocenters. The minimum absolute atomic E-state index is 0.0106. The minimum Gasteiger partial charge on any atom is -0.379 e. The van der Waals surface area contributed by atoms with E-state index in [1.54, 1.807) is 7.05 Å². The molecule has 0 aliphatic rings. The van der Waals surface area contributed by atoms with Gasteiger partial charge in [0.2, 0.25) is 5.91 Å². The summed E-state index contributed by atoms with van der Waals surface area (Å²) in [5.41, 5.74) is 3.10. The van der Waals surface area contributed by atoms with Crippen LogP contribution in [0.2, 0.25) is 0 Å². The molecular weight excluding hydrogens is 264 g/mol. The van der Waals surface area contributed by atoms with Gasteiger partial charge in [-0.05, 0) is 25.5 Å². The van der Waals surface area contributed by atoms with Gasteiger partial charge in [-0.25, -0.2) is 4.98 Å². The first-order chi connectivity index (χ1) is 10.1. The van der Waals surface area contributed by atoms with Crippen molar-refractivity contribution in [1.29, 1.82) is 0 Å². The van der Waals surface area contributed by atoms with Crippen LogP contribution in [0, 0.1) is 0 Å². The molecule has 1 aromatic heterocycles. The topological polar surface area (TPSA) is 59.0 Å². The minimum atomic E-state index is 0.0106. The van der Waals surface area contributed by atoms with E-state index in [4.69, 9.17) is 0 Å². The lowest BCUT2D eigenvalue weighted by molar-refractivity contribution is -0.119. The van der Waals surface area contributed by atoms with Crippen molar-refractivity contribution in [2.24, 2.45) is 0 Å². The van der Waals surface area contributed by atoms with Gasteiger partial charge in [-0.1, -0.05) is 18.2 Å². The summed E-state index contributed by atoms with van der Waals surface area (Å²) in [4.78, 5) is 15.8. The van der Waals surface area contributed by atoms with E-state index in [1.807, 2.05) is 36.8 Å². The molecule has 0 unspecified atom stereocenters. The average Bonchev–Trinajstić information content (AvgIpc) is 2.95. The lowest BCUT2D eigenvalue weighted by Gasteiger charge is -2.15. The summed E-state index contributed by atoms with van der Waals surface area (Å²) in [5.74, 6) is 0.0106. The number of anilines is 1. The third kappa shape index (κ3) is 3.84. The van der Waals surface area contributed by atoms with Crippen LogP contribution in [0.25, 0.3) is 0 Å². The van der Waals surface area contributed by atoms with Crippen molar-refractivity contribution in [3.05, 3.63) is 48.0 Å². The van der Waals surface area contributed by atoms with Crippen molar-refractivity contribution in [3.8, 4) is 0 Å². The molecule has 0 saturated heterocycles. The molecule has 0 bridgehead atoms. The van der Waals surface area contributed by atoms with Gasteiger partial charge in [0.1, 0.15) is 0 Å². The third-order valence-electron chi connectivity index (χ3n) is 3.41. The van der Waals surface area contributed by atoms with E-state index in [9.17, 15) is 4.79 Å². The van der Waals surface area contributed by atoms with Crippen molar-refractivity contribution >= 4 is 11.6 Å². The van der Waals surface area contributed by atoms with E-state index in [-0.39, 0.29) is 5.91 Å². The Kier molecular flexibility index (Phi) is 4.98. The number of para-hydroxylation sites is 1. The zero-order valence-corrected chi connectivity index (χ0v) is 12.8. The van der Waals surface area contributed by atoms with Crippen molar-refractivity contribution in [2.45, 2.75) is 32.9 Å². The summed E-state index contributed by atoms with van der Waals surface area (Å²) < 4.78 is 2.13. The lowest BCUT2D eigenvalue weighted by Crippen LogP contribution is -2.20. The van der Waals surface area contributed by atoms with Gasteiger partial charge < -0.3 is 15.2 Å². The molecule has 5 heteroatoms. The normalized spacial score (nSPS) is 10.7. The second kappa shape index (κ2) is 6.92. The number of likely N-dealkylation sites (N-methyl/N-ethyl adjacent to an activating group) is 1. The maximum Gasteiger partial charge on any atom is 0.224 e. The Balaban J connectivity index is 2.09.